The van der Waals surface area contributed by atoms with Gasteiger partial charge in [0.15, 0.2) is 11.5 Å². The van der Waals surface area contributed by atoms with E-state index >= 15 is 0 Å². The summed E-state index contributed by atoms with van der Waals surface area (Å²) in [6.45, 7) is 4.47. The van der Waals surface area contributed by atoms with Gasteiger partial charge in [-0.2, -0.15) is 0 Å². The molecule has 2 aromatic rings. The number of rotatable bonds is 8. The molecule has 1 aliphatic rings. The SMILES string of the molecule is COc1ccc(C(=O)N2CCC(NC(=O)[C@@H](Cc3ccc(C)cc3)NC(C)=O)CC2)cc1OC. The fourth-order valence-corrected chi connectivity index (χ4v) is 4.10. The van der Waals surface area contributed by atoms with E-state index in [1.807, 2.05) is 31.2 Å². The van der Waals surface area contributed by atoms with Crippen LogP contribution in [-0.2, 0) is 16.0 Å². The molecule has 8 heteroatoms. The van der Waals surface area contributed by atoms with Gasteiger partial charge in [-0.05, 0) is 43.5 Å². The van der Waals surface area contributed by atoms with Crippen molar-refractivity contribution in [2.24, 2.45) is 0 Å². The van der Waals surface area contributed by atoms with Crippen LogP contribution in [0, 0.1) is 6.92 Å². The van der Waals surface area contributed by atoms with Crippen LogP contribution in [0.25, 0.3) is 0 Å². The summed E-state index contributed by atoms with van der Waals surface area (Å²) >= 11 is 0. The number of amides is 3. The van der Waals surface area contributed by atoms with Crippen LogP contribution in [0.4, 0.5) is 0 Å². The smallest absolute Gasteiger partial charge is 0.253 e. The third kappa shape index (κ3) is 6.50. The molecule has 1 heterocycles. The number of hydrogen-bond donors (Lipinski definition) is 2. The zero-order chi connectivity index (χ0) is 24.7. The molecule has 1 atom stereocenters. The van der Waals surface area contributed by atoms with Crippen LogP contribution in [0.5, 0.6) is 11.5 Å². The van der Waals surface area contributed by atoms with Crippen molar-refractivity contribution < 1.29 is 23.9 Å². The lowest BCUT2D eigenvalue weighted by atomic mass is 10.0. The maximum atomic E-state index is 13.0. The number of nitrogens with one attached hydrogen (secondary N) is 2. The van der Waals surface area contributed by atoms with Crippen molar-refractivity contribution in [2.45, 2.75) is 45.2 Å². The van der Waals surface area contributed by atoms with Gasteiger partial charge in [0.2, 0.25) is 11.8 Å². The number of methoxy groups -OCH3 is 2. The Morgan fingerprint density at radius 2 is 1.65 bits per heavy atom. The normalized spacial score (nSPS) is 14.8. The monoisotopic (exact) mass is 467 g/mol. The summed E-state index contributed by atoms with van der Waals surface area (Å²) in [5, 5.41) is 5.82. The summed E-state index contributed by atoms with van der Waals surface area (Å²) in [5.41, 5.74) is 2.65. The van der Waals surface area contributed by atoms with Crippen molar-refractivity contribution in [3.8, 4) is 11.5 Å². The van der Waals surface area contributed by atoms with Crippen molar-refractivity contribution in [3.05, 3.63) is 59.2 Å². The van der Waals surface area contributed by atoms with Crippen LogP contribution in [-0.4, -0.2) is 62.0 Å². The number of ether oxygens (including phenoxy) is 2. The highest BCUT2D eigenvalue weighted by Crippen LogP contribution is 2.28. The molecule has 1 fully saturated rings. The molecule has 0 bridgehead atoms. The first-order chi connectivity index (χ1) is 16.3. The van der Waals surface area contributed by atoms with Gasteiger partial charge >= 0.3 is 0 Å². The minimum Gasteiger partial charge on any atom is -0.493 e. The number of carbonyl (C=O) groups excluding carboxylic acids is 3. The van der Waals surface area contributed by atoms with Crippen LogP contribution < -0.4 is 20.1 Å². The Kier molecular flexibility index (Phi) is 8.51. The predicted molar refractivity (Wildman–Crippen MR) is 129 cm³/mol. The van der Waals surface area contributed by atoms with Crippen molar-refractivity contribution in [2.75, 3.05) is 27.3 Å². The van der Waals surface area contributed by atoms with Gasteiger partial charge in [-0.3, -0.25) is 14.4 Å². The van der Waals surface area contributed by atoms with Crippen LogP contribution in [0.3, 0.4) is 0 Å². The Morgan fingerprint density at radius 1 is 1.00 bits per heavy atom. The van der Waals surface area contributed by atoms with Gasteiger partial charge in [-0.25, -0.2) is 0 Å². The van der Waals surface area contributed by atoms with Crippen LogP contribution >= 0.6 is 0 Å². The molecule has 3 rings (SSSR count). The van der Waals surface area contributed by atoms with Gasteiger partial charge in [0, 0.05) is 38.0 Å². The highest BCUT2D eigenvalue weighted by atomic mass is 16.5. The van der Waals surface area contributed by atoms with Crippen LogP contribution in [0.15, 0.2) is 42.5 Å². The van der Waals surface area contributed by atoms with E-state index < -0.39 is 6.04 Å². The van der Waals surface area contributed by atoms with Gasteiger partial charge in [0.1, 0.15) is 6.04 Å². The van der Waals surface area contributed by atoms with Gasteiger partial charge in [0.25, 0.3) is 5.91 Å². The van der Waals surface area contributed by atoms with Crippen molar-refractivity contribution >= 4 is 17.7 Å². The standard InChI is InChI=1S/C26H33N3O5/c1-17-5-7-19(8-6-17)15-22(27-18(2)30)25(31)28-21-11-13-29(14-12-21)26(32)20-9-10-23(33-3)24(16-20)34-4/h5-10,16,21-22H,11-15H2,1-4H3,(H,27,30)(H,28,31)/t22-/m1/s1. The van der Waals surface area contributed by atoms with Gasteiger partial charge in [-0.1, -0.05) is 29.8 Å². The molecule has 0 aromatic heterocycles. The molecule has 0 unspecified atom stereocenters. The summed E-state index contributed by atoms with van der Waals surface area (Å²) in [5.74, 6) is 0.539. The van der Waals surface area contributed by atoms with E-state index in [0.717, 1.165) is 11.1 Å². The number of benzene rings is 2. The zero-order valence-electron chi connectivity index (χ0n) is 20.2. The Hall–Kier alpha value is -3.55. The number of aryl methyl sites for hydroxylation is 1. The van der Waals surface area contributed by atoms with Crippen LogP contribution in [0.2, 0.25) is 0 Å². The molecule has 0 radical (unpaired) electrons. The molecule has 2 aromatic carbocycles. The average Bonchev–Trinajstić information content (AvgIpc) is 2.84. The van der Waals surface area contributed by atoms with E-state index in [4.69, 9.17) is 9.47 Å². The first-order valence-electron chi connectivity index (χ1n) is 11.4. The number of piperidine rings is 1. The van der Waals surface area contributed by atoms with E-state index in [9.17, 15) is 14.4 Å². The lowest BCUT2D eigenvalue weighted by Gasteiger charge is -2.33. The Morgan fingerprint density at radius 3 is 2.24 bits per heavy atom. The van der Waals surface area contributed by atoms with E-state index in [2.05, 4.69) is 10.6 Å². The fraction of sp³-hybridized carbons (Fsp3) is 0.423. The number of likely N-dealkylation sites (tertiary alicyclic amines) is 1. The predicted octanol–water partition coefficient (Wildman–Crippen LogP) is 2.48. The summed E-state index contributed by atoms with van der Waals surface area (Å²) in [6, 6.07) is 12.3. The molecule has 8 nitrogen and oxygen atoms in total. The molecule has 1 aliphatic heterocycles. The Labute approximate surface area is 200 Å². The molecule has 1 saturated heterocycles. The summed E-state index contributed by atoms with van der Waals surface area (Å²) in [6.07, 6.45) is 1.70. The molecule has 2 N–H and O–H groups in total. The number of nitrogens with zero attached hydrogens (tertiary/aromatic N) is 1. The molecule has 3 amide bonds. The molecule has 0 spiro atoms. The summed E-state index contributed by atoms with van der Waals surface area (Å²) < 4.78 is 10.5. The lowest BCUT2D eigenvalue weighted by Crippen LogP contribution is -2.53. The average molecular weight is 468 g/mol. The zero-order valence-corrected chi connectivity index (χ0v) is 20.2. The third-order valence-electron chi connectivity index (χ3n) is 6.01. The van der Waals surface area contributed by atoms with Crippen molar-refractivity contribution in [1.29, 1.82) is 0 Å². The van der Waals surface area contributed by atoms with E-state index in [-0.39, 0.29) is 23.8 Å². The maximum absolute atomic E-state index is 13.0. The summed E-state index contributed by atoms with van der Waals surface area (Å²) in [4.78, 5) is 39.4. The minimum absolute atomic E-state index is 0.0590. The topological polar surface area (TPSA) is 97.0 Å². The van der Waals surface area contributed by atoms with Crippen LogP contribution in [0.1, 0.15) is 41.3 Å². The largest absolute Gasteiger partial charge is 0.493 e. The van der Waals surface area contributed by atoms with E-state index in [1.54, 1.807) is 30.2 Å². The van der Waals surface area contributed by atoms with Gasteiger partial charge in [0.05, 0.1) is 14.2 Å². The fourth-order valence-electron chi connectivity index (χ4n) is 4.10. The number of carbonyl (C=O) groups is 3. The van der Waals surface area contributed by atoms with Crippen molar-refractivity contribution in [3.63, 3.8) is 0 Å². The molecule has 0 aliphatic carbocycles. The Bertz CT molecular complexity index is 1010. The van der Waals surface area contributed by atoms with Gasteiger partial charge < -0.3 is 25.0 Å². The highest BCUT2D eigenvalue weighted by molar-refractivity contribution is 5.95. The maximum Gasteiger partial charge on any atom is 0.253 e. The summed E-state index contributed by atoms with van der Waals surface area (Å²) in [7, 11) is 3.09. The van der Waals surface area contributed by atoms with Gasteiger partial charge in [-0.15, -0.1) is 0 Å². The lowest BCUT2D eigenvalue weighted by molar-refractivity contribution is -0.128. The second-order valence-electron chi connectivity index (χ2n) is 8.59. The molecule has 0 saturated carbocycles. The van der Waals surface area contributed by atoms with Crippen molar-refractivity contribution in [1.82, 2.24) is 15.5 Å². The molecule has 182 valence electrons. The third-order valence-corrected chi connectivity index (χ3v) is 6.01. The number of hydrogen-bond acceptors (Lipinski definition) is 5. The van der Waals surface area contributed by atoms with E-state index in [0.29, 0.717) is 49.4 Å². The second kappa shape index (κ2) is 11.5. The molecule has 34 heavy (non-hydrogen) atoms. The second-order valence-corrected chi connectivity index (χ2v) is 8.59. The first-order valence-corrected chi connectivity index (χ1v) is 11.4. The van der Waals surface area contributed by atoms with E-state index in [1.165, 1.54) is 14.0 Å². The molecular formula is C26H33N3O5. The Balaban J connectivity index is 1.57. The quantitative estimate of drug-likeness (QED) is 0.622. The minimum atomic E-state index is -0.647. The highest BCUT2D eigenvalue weighted by Gasteiger charge is 2.28. The molecular weight excluding hydrogens is 434 g/mol. The first kappa shape index (κ1) is 25.1.